The van der Waals surface area contributed by atoms with E-state index in [1.165, 1.54) is 0 Å². The van der Waals surface area contributed by atoms with Crippen molar-refractivity contribution in [2.45, 2.75) is 37.9 Å². The van der Waals surface area contributed by atoms with E-state index in [0.29, 0.717) is 12.2 Å². The molecule has 0 bridgehead atoms. The van der Waals surface area contributed by atoms with E-state index in [0.717, 1.165) is 38.2 Å². The molecule has 0 N–H and O–H groups in total. The quantitative estimate of drug-likeness (QED) is 0.796. The van der Waals surface area contributed by atoms with Crippen molar-refractivity contribution in [3.05, 3.63) is 29.8 Å². The molecule has 2 aliphatic heterocycles. The lowest BCUT2D eigenvalue weighted by atomic mass is 9.91. The first-order valence-electron chi connectivity index (χ1n) is 7.16. The molecule has 2 heterocycles. The molecule has 3 rings (SSSR count). The van der Waals surface area contributed by atoms with E-state index in [1.807, 2.05) is 24.3 Å². The summed E-state index contributed by atoms with van der Waals surface area (Å²) in [5.74, 6) is 0.889. The first kappa shape index (κ1) is 13.6. The van der Waals surface area contributed by atoms with Gasteiger partial charge in [0.05, 0.1) is 18.8 Å². The van der Waals surface area contributed by atoms with Gasteiger partial charge in [-0.3, -0.25) is 4.79 Å². The zero-order valence-electron chi connectivity index (χ0n) is 11.8. The van der Waals surface area contributed by atoms with E-state index in [-0.39, 0.29) is 17.5 Å². The van der Waals surface area contributed by atoms with Gasteiger partial charge in [0.2, 0.25) is 0 Å². The topological polar surface area (TPSA) is 44.8 Å². The van der Waals surface area contributed by atoms with Crippen LogP contribution in [0.5, 0.6) is 5.75 Å². The Hall–Kier alpha value is -1.39. The van der Waals surface area contributed by atoms with Gasteiger partial charge in [0, 0.05) is 31.4 Å². The third kappa shape index (κ3) is 2.86. The van der Waals surface area contributed by atoms with Crippen LogP contribution in [-0.2, 0) is 9.47 Å². The maximum atomic E-state index is 11.2. The van der Waals surface area contributed by atoms with Crippen LogP contribution < -0.4 is 4.74 Å². The Labute approximate surface area is 119 Å². The molecule has 1 spiro atoms. The molecule has 0 amide bonds. The van der Waals surface area contributed by atoms with E-state index in [2.05, 4.69) is 0 Å². The number of hydrogen-bond acceptors (Lipinski definition) is 4. The first-order chi connectivity index (χ1) is 9.67. The highest BCUT2D eigenvalue weighted by Crippen LogP contribution is 2.34. The fourth-order valence-electron chi connectivity index (χ4n) is 2.91. The molecule has 1 aromatic carbocycles. The van der Waals surface area contributed by atoms with Crippen molar-refractivity contribution >= 4 is 5.78 Å². The number of carbonyl (C=O) groups excluding carboxylic acids is 1. The van der Waals surface area contributed by atoms with Crippen LogP contribution in [-0.4, -0.2) is 37.3 Å². The minimum absolute atomic E-state index is 0.0738. The summed E-state index contributed by atoms with van der Waals surface area (Å²) in [7, 11) is 0. The van der Waals surface area contributed by atoms with Crippen molar-refractivity contribution in [2.75, 3.05) is 19.8 Å². The Morgan fingerprint density at radius 1 is 1.30 bits per heavy atom. The molecule has 2 unspecified atom stereocenters. The largest absolute Gasteiger partial charge is 0.490 e. The molecule has 4 heteroatoms. The molecular weight excluding hydrogens is 256 g/mol. The SMILES string of the molecule is CC(=O)c1ccc(OC2CCOC3(CCOC3)C2)cc1. The Balaban J connectivity index is 1.63. The van der Waals surface area contributed by atoms with Crippen molar-refractivity contribution in [1.82, 2.24) is 0 Å². The summed E-state index contributed by atoms with van der Waals surface area (Å²) in [6, 6.07) is 7.35. The van der Waals surface area contributed by atoms with Crippen LogP contribution in [0.3, 0.4) is 0 Å². The number of rotatable bonds is 3. The van der Waals surface area contributed by atoms with Crippen LogP contribution in [0.4, 0.5) is 0 Å². The second-order valence-corrected chi connectivity index (χ2v) is 5.65. The standard InChI is InChI=1S/C16H20O4/c1-12(17)13-2-4-14(5-3-13)20-15-6-8-19-16(10-15)7-9-18-11-16/h2-5,15H,6-11H2,1H3. The Morgan fingerprint density at radius 2 is 2.10 bits per heavy atom. The molecule has 0 saturated carbocycles. The lowest BCUT2D eigenvalue weighted by molar-refractivity contribution is -0.112. The summed E-state index contributed by atoms with van der Waals surface area (Å²) in [5.41, 5.74) is 0.576. The molecule has 2 fully saturated rings. The van der Waals surface area contributed by atoms with E-state index in [9.17, 15) is 4.79 Å². The minimum Gasteiger partial charge on any atom is -0.490 e. The molecule has 0 aromatic heterocycles. The van der Waals surface area contributed by atoms with Crippen molar-refractivity contribution < 1.29 is 19.0 Å². The van der Waals surface area contributed by atoms with Crippen LogP contribution in [0, 0.1) is 0 Å². The Kier molecular flexibility index (Phi) is 3.76. The molecule has 0 radical (unpaired) electrons. The first-order valence-corrected chi connectivity index (χ1v) is 7.16. The van der Waals surface area contributed by atoms with Crippen molar-refractivity contribution in [3.8, 4) is 5.75 Å². The lowest BCUT2D eigenvalue weighted by Crippen LogP contribution is -2.44. The summed E-state index contributed by atoms with van der Waals surface area (Å²) >= 11 is 0. The van der Waals surface area contributed by atoms with Gasteiger partial charge in [0.15, 0.2) is 5.78 Å². The zero-order valence-corrected chi connectivity index (χ0v) is 11.8. The van der Waals surface area contributed by atoms with Crippen LogP contribution in [0.25, 0.3) is 0 Å². The summed E-state index contributed by atoms with van der Waals surface area (Å²) < 4.78 is 17.4. The number of Topliss-reactive ketones (excluding diaryl/α,β-unsaturated/α-hetero) is 1. The number of benzene rings is 1. The van der Waals surface area contributed by atoms with Crippen LogP contribution >= 0.6 is 0 Å². The molecule has 0 aliphatic carbocycles. The number of ketones is 1. The fourth-order valence-corrected chi connectivity index (χ4v) is 2.91. The molecule has 2 atom stereocenters. The fraction of sp³-hybridized carbons (Fsp3) is 0.562. The molecule has 2 saturated heterocycles. The highest BCUT2D eigenvalue weighted by Gasteiger charge is 2.41. The van der Waals surface area contributed by atoms with Crippen molar-refractivity contribution in [1.29, 1.82) is 0 Å². The minimum atomic E-state index is -0.137. The highest BCUT2D eigenvalue weighted by molar-refractivity contribution is 5.94. The summed E-state index contributed by atoms with van der Waals surface area (Å²) in [6.07, 6.45) is 2.89. The van der Waals surface area contributed by atoms with Gasteiger partial charge in [-0.25, -0.2) is 0 Å². The van der Waals surface area contributed by atoms with Crippen LogP contribution in [0.1, 0.15) is 36.5 Å². The van der Waals surface area contributed by atoms with E-state index >= 15 is 0 Å². The molecule has 108 valence electrons. The number of carbonyl (C=O) groups is 1. The van der Waals surface area contributed by atoms with Gasteiger partial charge in [-0.1, -0.05) is 0 Å². The maximum Gasteiger partial charge on any atom is 0.159 e. The van der Waals surface area contributed by atoms with Crippen molar-refractivity contribution in [3.63, 3.8) is 0 Å². The van der Waals surface area contributed by atoms with Crippen LogP contribution in [0.2, 0.25) is 0 Å². The average Bonchev–Trinajstić information content (AvgIpc) is 2.87. The molecule has 4 nitrogen and oxygen atoms in total. The second-order valence-electron chi connectivity index (χ2n) is 5.65. The molecule has 20 heavy (non-hydrogen) atoms. The average molecular weight is 276 g/mol. The molecule has 2 aliphatic rings. The third-order valence-electron chi connectivity index (χ3n) is 4.08. The summed E-state index contributed by atoms with van der Waals surface area (Å²) in [6.45, 7) is 3.74. The van der Waals surface area contributed by atoms with Gasteiger partial charge in [-0.05, 0) is 31.2 Å². The highest BCUT2D eigenvalue weighted by atomic mass is 16.6. The maximum absolute atomic E-state index is 11.2. The smallest absolute Gasteiger partial charge is 0.159 e. The molecule has 1 aromatic rings. The number of ether oxygens (including phenoxy) is 3. The Morgan fingerprint density at radius 3 is 2.75 bits per heavy atom. The van der Waals surface area contributed by atoms with E-state index < -0.39 is 0 Å². The normalized spacial score (nSPS) is 29.6. The predicted octanol–water partition coefficient (Wildman–Crippen LogP) is 2.61. The summed E-state index contributed by atoms with van der Waals surface area (Å²) in [4.78, 5) is 11.2. The second kappa shape index (κ2) is 5.54. The van der Waals surface area contributed by atoms with E-state index in [1.54, 1.807) is 6.92 Å². The van der Waals surface area contributed by atoms with E-state index in [4.69, 9.17) is 14.2 Å². The Bertz CT molecular complexity index is 474. The van der Waals surface area contributed by atoms with Crippen LogP contribution in [0.15, 0.2) is 24.3 Å². The van der Waals surface area contributed by atoms with Gasteiger partial charge < -0.3 is 14.2 Å². The predicted molar refractivity (Wildman–Crippen MR) is 74.2 cm³/mol. The third-order valence-corrected chi connectivity index (χ3v) is 4.08. The van der Waals surface area contributed by atoms with Gasteiger partial charge >= 0.3 is 0 Å². The van der Waals surface area contributed by atoms with Gasteiger partial charge in [0.25, 0.3) is 0 Å². The monoisotopic (exact) mass is 276 g/mol. The van der Waals surface area contributed by atoms with Crippen molar-refractivity contribution in [2.24, 2.45) is 0 Å². The zero-order chi connectivity index (χ0) is 14.0. The van der Waals surface area contributed by atoms with Gasteiger partial charge in [0.1, 0.15) is 11.9 Å². The lowest BCUT2D eigenvalue weighted by Gasteiger charge is -2.37. The van der Waals surface area contributed by atoms with Gasteiger partial charge in [-0.15, -0.1) is 0 Å². The summed E-state index contributed by atoms with van der Waals surface area (Å²) in [5, 5.41) is 0. The molecular formula is C16H20O4. The number of hydrogen-bond donors (Lipinski definition) is 0. The van der Waals surface area contributed by atoms with Gasteiger partial charge in [-0.2, -0.15) is 0 Å².